The highest BCUT2D eigenvalue weighted by Crippen LogP contribution is 2.18. The number of hydrogen-bond acceptors (Lipinski definition) is 4. The average molecular weight is 366 g/mol. The summed E-state index contributed by atoms with van der Waals surface area (Å²) < 4.78 is 5.55. The van der Waals surface area contributed by atoms with E-state index in [0.717, 1.165) is 29.5 Å². The molecule has 26 heavy (non-hydrogen) atoms. The molecule has 0 spiro atoms. The summed E-state index contributed by atoms with van der Waals surface area (Å²) in [5.74, 6) is 2.35. The van der Waals surface area contributed by atoms with Crippen LogP contribution in [0, 0.1) is 0 Å². The van der Waals surface area contributed by atoms with Crippen molar-refractivity contribution in [2.75, 3.05) is 19.3 Å². The molecule has 5 nitrogen and oxygen atoms in total. The first-order valence-electron chi connectivity index (χ1n) is 8.47. The highest BCUT2D eigenvalue weighted by molar-refractivity contribution is 7.99. The summed E-state index contributed by atoms with van der Waals surface area (Å²) in [4.78, 5) is 10.0. The van der Waals surface area contributed by atoms with E-state index in [9.17, 15) is 0 Å². The SMILES string of the molecule is CN=C(NCCSc1ccccc1)NCc1coc(-c2ccccc2)n1. The van der Waals surface area contributed by atoms with Gasteiger partial charge in [-0.2, -0.15) is 0 Å². The van der Waals surface area contributed by atoms with E-state index in [1.807, 2.05) is 48.2 Å². The summed E-state index contributed by atoms with van der Waals surface area (Å²) in [6.45, 7) is 1.38. The Morgan fingerprint density at radius 3 is 2.50 bits per heavy atom. The second kappa shape index (κ2) is 9.68. The number of hydrogen-bond donors (Lipinski definition) is 2. The number of rotatable bonds is 7. The number of thioether (sulfide) groups is 1. The van der Waals surface area contributed by atoms with E-state index in [4.69, 9.17) is 4.42 Å². The molecule has 2 N–H and O–H groups in total. The third kappa shape index (κ3) is 5.39. The van der Waals surface area contributed by atoms with E-state index in [2.05, 4.69) is 44.9 Å². The minimum absolute atomic E-state index is 0.557. The number of aromatic nitrogens is 1. The predicted molar refractivity (Wildman–Crippen MR) is 107 cm³/mol. The molecule has 0 unspecified atom stereocenters. The summed E-state index contributed by atoms with van der Waals surface area (Å²) in [5, 5.41) is 6.56. The summed E-state index contributed by atoms with van der Waals surface area (Å²) in [6.07, 6.45) is 1.67. The molecule has 0 bridgehead atoms. The fourth-order valence-electron chi connectivity index (χ4n) is 2.35. The molecule has 0 saturated carbocycles. The molecule has 1 heterocycles. The normalized spacial score (nSPS) is 11.3. The van der Waals surface area contributed by atoms with Gasteiger partial charge in [0.2, 0.25) is 5.89 Å². The molecule has 0 aliphatic rings. The zero-order valence-electron chi connectivity index (χ0n) is 14.7. The summed E-state index contributed by atoms with van der Waals surface area (Å²) in [5.41, 5.74) is 1.81. The van der Waals surface area contributed by atoms with Crippen molar-refractivity contribution >= 4 is 17.7 Å². The second-order valence-corrected chi connectivity index (χ2v) is 6.69. The van der Waals surface area contributed by atoms with E-state index >= 15 is 0 Å². The van der Waals surface area contributed by atoms with E-state index in [1.165, 1.54) is 4.90 Å². The number of nitrogens with one attached hydrogen (secondary N) is 2. The van der Waals surface area contributed by atoms with Gasteiger partial charge in [-0.05, 0) is 24.3 Å². The van der Waals surface area contributed by atoms with Crippen molar-refractivity contribution in [1.29, 1.82) is 0 Å². The molecule has 1 aromatic heterocycles. The first-order chi connectivity index (χ1) is 12.8. The van der Waals surface area contributed by atoms with Gasteiger partial charge in [0.15, 0.2) is 5.96 Å². The van der Waals surface area contributed by atoms with Crippen LogP contribution in [-0.2, 0) is 6.54 Å². The van der Waals surface area contributed by atoms with E-state index in [0.29, 0.717) is 12.4 Å². The number of oxazole rings is 1. The van der Waals surface area contributed by atoms with Crippen molar-refractivity contribution in [2.45, 2.75) is 11.4 Å². The minimum atomic E-state index is 0.557. The molecule has 3 rings (SSSR count). The van der Waals surface area contributed by atoms with Gasteiger partial charge in [-0.3, -0.25) is 4.99 Å². The lowest BCUT2D eigenvalue weighted by molar-refractivity contribution is 0.572. The Morgan fingerprint density at radius 2 is 1.77 bits per heavy atom. The molecule has 0 aliphatic heterocycles. The molecule has 3 aromatic rings. The Balaban J connectivity index is 1.42. The standard InChI is InChI=1S/C20H22N4OS/c1-21-20(22-12-13-26-18-10-6-3-7-11-18)23-14-17-15-25-19(24-17)16-8-4-2-5-9-16/h2-11,15H,12-14H2,1H3,(H2,21,22,23). The van der Waals surface area contributed by atoms with Gasteiger partial charge in [0, 0.05) is 29.8 Å². The van der Waals surface area contributed by atoms with Crippen LogP contribution >= 0.6 is 11.8 Å². The number of benzene rings is 2. The topological polar surface area (TPSA) is 62.5 Å². The minimum Gasteiger partial charge on any atom is -0.444 e. The molecule has 0 radical (unpaired) electrons. The van der Waals surface area contributed by atoms with Gasteiger partial charge < -0.3 is 15.1 Å². The first-order valence-corrected chi connectivity index (χ1v) is 9.46. The molecule has 0 amide bonds. The Bertz CT molecular complexity index is 818. The average Bonchev–Trinajstić information content (AvgIpc) is 3.18. The number of nitrogens with zero attached hydrogens (tertiary/aromatic N) is 2. The highest BCUT2D eigenvalue weighted by Gasteiger charge is 2.06. The Morgan fingerprint density at radius 1 is 1.04 bits per heavy atom. The van der Waals surface area contributed by atoms with Crippen molar-refractivity contribution in [3.63, 3.8) is 0 Å². The van der Waals surface area contributed by atoms with Gasteiger partial charge in [-0.1, -0.05) is 36.4 Å². The Labute approximate surface area is 158 Å². The van der Waals surface area contributed by atoms with E-state index < -0.39 is 0 Å². The molecule has 0 aliphatic carbocycles. The smallest absolute Gasteiger partial charge is 0.226 e. The molecular formula is C20H22N4OS. The molecular weight excluding hydrogens is 344 g/mol. The Hall–Kier alpha value is -2.73. The van der Waals surface area contributed by atoms with Crippen molar-refractivity contribution in [3.05, 3.63) is 72.6 Å². The van der Waals surface area contributed by atoms with Crippen molar-refractivity contribution in [2.24, 2.45) is 4.99 Å². The lowest BCUT2D eigenvalue weighted by Gasteiger charge is -2.10. The number of guanidine groups is 1. The van der Waals surface area contributed by atoms with Crippen LogP contribution in [0.15, 0.2) is 81.2 Å². The molecule has 0 saturated heterocycles. The monoisotopic (exact) mass is 366 g/mol. The van der Waals surface area contributed by atoms with Gasteiger partial charge in [0.1, 0.15) is 6.26 Å². The maximum atomic E-state index is 5.55. The summed E-state index contributed by atoms with van der Waals surface area (Å²) in [6, 6.07) is 20.2. The van der Waals surface area contributed by atoms with Crippen LogP contribution in [0.5, 0.6) is 0 Å². The van der Waals surface area contributed by atoms with Gasteiger partial charge >= 0.3 is 0 Å². The van der Waals surface area contributed by atoms with Crippen molar-refractivity contribution in [3.8, 4) is 11.5 Å². The summed E-state index contributed by atoms with van der Waals surface area (Å²) in [7, 11) is 1.76. The van der Waals surface area contributed by atoms with Crippen molar-refractivity contribution in [1.82, 2.24) is 15.6 Å². The van der Waals surface area contributed by atoms with Crippen LogP contribution in [0.2, 0.25) is 0 Å². The van der Waals surface area contributed by atoms with Gasteiger partial charge in [0.05, 0.1) is 12.2 Å². The molecule has 0 atom stereocenters. The lowest BCUT2D eigenvalue weighted by atomic mass is 10.2. The van der Waals surface area contributed by atoms with Crippen molar-refractivity contribution < 1.29 is 4.42 Å². The summed E-state index contributed by atoms with van der Waals surface area (Å²) >= 11 is 1.82. The van der Waals surface area contributed by atoms with Crippen LogP contribution in [0.1, 0.15) is 5.69 Å². The fourth-order valence-corrected chi connectivity index (χ4v) is 3.14. The van der Waals surface area contributed by atoms with E-state index in [1.54, 1.807) is 13.3 Å². The lowest BCUT2D eigenvalue weighted by Crippen LogP contribution is -2.38. The molecule has 0 fully saturated rings. The predicted octanol–water partition coefficient (Wildman–Crippen LogP) is 3.80. The largest absolute Gasteiger partial charge is 0.444 e. The van der Waals surface area contributed by atoms with Gasteiger partial charge in [-0.25, -0.2) is 4.98 Å². The maximum Gasteiger partial charge on any atom is 0.226 e. The van der Waals surface area contributed by atoms with Crippen LogP contribution < -0.4 is 10.6 Å². The molecule has 2 aromatic carbocycles. The van der Waals surface area contributed by atoms with Crippen LogP contribution in [0.3, 0.4) is 0 Å². The quantitative estimate of drug-likeness (QED) is 0.288. The highest BCUT2D eigenvalue weighted by atomic mass is 32.2. The third-order valence-electron chi connectivity index (χ3n) is 3.64. The van der Waals surface area contributed by atoms with Crippen LogP contribution in [-0.4, -0.2) is 30.3 Å². The number of aliphatic imine (C=N–C) groups is 1. The fraction of sp³-hybridized carbons (Fsp3) is 0.200. The first kappa shape index (κ1) is 18.1. The van der Waals surface area contributed by atoms with E-state index in [-0.39, 0.29) is 0 Å². The maximum absolute atomic E-state index is 5.55. The molecule has 134 valence electrons. The Kier molecular flexibility index (Phi) is 6.73. The zero-order valence-corrected chi connectivity index (χ0v) is 15.5. The third-order valence-corrected chi connectivity index (χ3v) is 4.65. The molecule has 6 heteroatoms. The zero-order chi connectivity index (χ0) is 18.0. The van der Waals surface area contributed by atoms with Gasteiger partial charge in [-0.15, -0.1) is 11.8 Å². The van der Waals surface area contributed by atoms with Crippen LogP contribution in [0.25, 0.3) is 11.5 Å². The van der Waals surface area contributed by atoms with Gasteiger partial charge in [0.25, 0.3) is 0 Å². The second-order valence-electron chi connectivity index (χ2n) is 5.52. The van der Waals surface area contributed by atoms with Crippen LogP contribution in [0.4, 0.5) is 0 Å².